The molecule has 4 heteroatoms. The monoisotopic (exact) mass is 334 g/mol. The number of unbranched alkanes of at least 4 members (excludes halogenated alkanes) is 1. The lowest BCUT2D eigenvalue weighted by atomic mass is 9.94. The van der Waals surface area contributed by atoms with Gasteiger partial charge in [-0.05, 0) is 55.2 Å². The highest BCUT2D eigenvalue weighted by Gasteiger charge is 2.43. The van der Waals surface area contributed by atoms with E-state index in [1.54, 1.807) is 0 Å². The first kappa shape index (κ1) is 16.6. The molecule has 3 rings (SSSR count). The van der Waals surface area contributed by atoms with Gasteiger partial charge in [-0.1, -0.05) is 43.5 Å². The predicted molar refractivity (Wildman–Crippen MR) is 94.5 cm³/mol. The van der Waals surface area contributed by atoms with Crippen molar-refractivity contribution in [3.63, 3.8) is 0 Å². The zero-order valence-electron chi connectivity index (χ0n) is 13.9. The van der Waals surface area contributed by atoms with E-state index in [1.807, 2.05) is 24.3 Å². The molecule has 2 aliphatic carbocycles. The van der Waals surface area contributed by atoms with Crippen LogP contribution in [0.4, 0.5) is 4.79 Å². The molecule has 0 radical (unpaired) electrons. The molecule has 0 spiro atoms. The number of fused-ring (bicyclic) bond motifs is 2. The third-order valence-electron chi connectivity index (χ3n) is 5.43. The number of carbonyl (C=O) groups is 1. The van der Waals surface area contributed by atoms with Crippen LogP contribution in [0.1, 0.15) is 51.0 Å². The third kappa shape index (κ3) is 4.00. The number of benzene rings is 1. The van der Waals surface area contributed by atoms with Gasteiger partial charge >= 0.3 is 6.03 Å². The van der Waals surface area contributed by atoms with Crippen molar-refractivity contribution in [2.45, 2.75) is 58.0 Å². The van der Waals surface area contributed by atoms with Crippen molar-refractivity contribution < 1.29 is 4.79 Å². The van der Waals surface area contributed by atoms with Crippen molar-refractivity contribution >= 4 is 17.6 Å². The number of urea groups is 1. The highest BCUT2D eigenvalue weighted by Crippen LogP contribution is 2.47. The number of nitrogens with one attached hydrogen (secondary N) is 1. The van der Waals surface area contributed by atoms with Crippen LogP contribution in [0.15, 0.2) is 24.3 Å². The molecule has 2 saturated carbocycles. The van der Waals surface area contributed by atoms with Gasteiger partial charge < -0.3 is 10.2 Å². The fourth-order valence-corrected chi connectivity index (χ4v) is 4.32. The van der Waals surface area contributed by atoms with E-state index in [0.29, 0.717) is 18.5 Å². The molecule has 0 saturated heterocycles. The third-order valence-corrected chi connectivity index (χ3v) is 5.69. The van der Waals surface area contributed by atoms with Gasteiger partial charge in [0.2, 0.25) is 0 Å². The van der Waals surface area contributed by atoms with Gasteiger partial charge in [0.25, 0.3) is 0 Å². The van der Waals surface area contributed by atoms with Crippen LogP contribution in [0.25, 0.3) is 0 Å². The van der Waals surface area contributed by atoms with E-state index < -0.39 is 0 Å². The Hall–Kier alpha value is -1.22. The highest BCUT2D eigenvalue weighted by molar-refractivity contribution is 6.30. The Morgan fingerprint density at radius 2 is 2.04 bits per heavy atom. The second-order valence-electron chi connectivity index (χ2n) is 7.08. The Balaban J connectivity index is 1.70. The summed E-state index contributed by atoms with van der Waals surface area (Å²) in [5.74, 6) is 1.53. The minimum atomic E-state index is 0.103. The summed E-state index contributed by atoms with van der Waals surface area (Å²) in [5.41, 5.74) is 1.16. The molecule has 0 aliphatic heterocycles. The van der Waals surface area contributed by atoms with Gasteiger partial charge in [-0.2, -0.15) is 0 Å². The Morgan fingerprint density at radius 1 is 1.26 bits per heavy atom. The first-order chi connectivity index (χ1) is 11.2. The van der Waals surface area contributed by atoms with Crippen LogP contribution in [-0.2, 0) is 6.54 Å². The molecular formula is C19H27ClN2O. The van der Waals surface area contributed by atoms with Crippen LogP contribution in [0.3, 0.4) is 0 Å². The van der Waals surface area contributed by atoms with Crippen molar-refractivity contribution in [3.05, 3.63) is 34.9 Å². The lowest BCUT2D eigenvalue weighted by Gasteiger charge is -2.35. The van der Waals surface area contributed by atoms with Gasteiger partial charge in [-0.3, -0.25) is 0 Å². The second kappa shape index (κ2) is 7.57. The minimum Gasteiger partial charge on any atom is -0.338 e. The zero-order chi connectivity index (χ0) is 16.2. The smallest absolute Gasteiger partial charge is 0.317 e. The van der Waals surface area contributed by atoms with Crippen LogP contribution in [0, 0.1) is 11.8 Å². The highest BCUT2D eigenvalue weighted by atomic mass is 35.5. The number of halogens is 1. The summed E-state index contributed by atoms with van der Waals surface area (Å²) in [6, 6.07) is 8.39. The molecule has 3 unspecified atom stereocenters. The molecule has 3 nitrogen and oxygen atoms in total. The Bertz CT molecular complexity index is 531. The summed E-state index contributed by atoms with van der Waals surface area (Å²) in [7, 11) is 0. The summed E-state index contributed by atoms with van der Waals surface area (Å²) in [4.78, 5) is 14.8. The van der Waals surface area contributed by atoms with Gasteiger partial charge in [0.05, 0.1) is 0 Å². The maximum absolute atomic E-state index is 12.7. The van der Waals surface area contributed by atoms with E-state index in [0.717, 1.165) is 35.9 Å². The average Bonchev–Trinajstić information content (AvgIpc) is 3.17. The van der Waals surface area contributed by atoms with E-state index in [9.17, 15) is 4.79 Å². The maximum Gasteiger partial charge on any atom is 0.317 e. The molecule has 1 aromatic carbocycles. The topological polar surface area (TPSA) is 32.3 Å². The second-order valence-corrected chi connectivity index (χ2v) is 7.52. The minimum absolute atomic E-state index is 0.103. The lowest BCUT2D eigenvalue weighted by Crippen LogP contribution is -2.48. The number of hydrogen-bond donors (Lipinski definition) is 1. The molecule has 23 heavy (non-hydrogen) atoms. The molecule has 126 valence electrons. The maximum atomic E-state index is 12.7. The summed E-state index contributed by atoms with van der Waals surface area (Å²) < 4.78 is 0. The molecular weight excluding hydrogens is 308 g/mol. The predicted octanol–water partition coefficient (Wildman–Crippen LogP) is 4.84. The molecule has 2 aliphatic rings. The standard InChI is InChI=1S/C19H27ClN2O/c1-2-3-10-21-19(23)22(13-14-5-8-17(20)9-6-14)18-12-15-4-7-16(18)11-15/h5-6,8-9,15-16,18H,2-4,7,10-13H2,1H3,(H,21,23). The largest absolute Gasteiger partial charge is 0.338 e. The molecule has 0 heterocycles. The fourth-order valence-electron chi connectivity index (χ4n) is 4.19. The number of hydrogen-bond acceptors (Lipinski definition) is 1. The van der Waals surface area contributed by atoms with Crippen molar-refractivity contribution in [3.8, 4) is 0 Å². The number of amides is 2. The lowest BCUT2D eigenvalue weighted by molar-refractivity contribution is 0.143. The van der Waals surface area contributed by atoms with E-state index in [4.69, 9.17) is 11.6 Å². The van der Waals surface area contributed by atoms with Gasteiger partial charge in [0.1, 0.15) is 0 Å². The van der Waals surface area contributed by atoms with E-state index in [1.165, 1.54) is 25.7 Å². The number of rotatable bonds is 6. The molecule has 2 amide bonds. The first-order valence-corrected chi connectivity index (χ1v) is 9.34. The van der Waals surface area contributed by atoms with Crippen LogP contribution in [-0.4, -0.2) is 23.5 Å². The summed E-state index contributed by atoms with van der Waals surface area (Å²) in [6.45, 7) is 3.60. The van der Waals surface area contributed by atoms with Gasteiger partial charge in [0.15, 0.2) is 0 Å². The van der Waals surface area contributed by atoms with Crippen molar-refractivity contribution in [2.24, 2.45) is 11.8 Å². The average molecular weight is 335 g/mol. The summed E-state index contributed by atoms with van der Waals surface area (Å²) in [6.07, 6.45) is 7.27. The number of carbonyl (C=O) groups excluding carboxylic acids is 1. The quantitative estimate of drug-likeness (QED) is 0.742. The van der Waals surface area contributed by atoms with Crippen LogP contribution in [0.5, 0.6) is 0 Å². The molecule has 1 aromatic rings. The molecule has 2 bridgehead atoms. The van der Waals surface area contributed by atoms with Gasteiger partial charge in [0, 0.05) is 24.2 Å². The van der Waals surface area contributed by atoms with E-state index in [-0.39, 0.29) is 6.03 Å². The van der Waals surface area contributed by atoms with Crippen LogP contribution < -0.4 is 5.32 Å². The fraction of sp³-hybridized carbons (Fsp3) is 0.632. The van der Waals surface area contributed by atoms with Crippen LogP contribution in [0.2, 0.25) is 5.02 Å². The van der Waals surface area contributed by atoms with E-state index in [2.05, 4.69) is 17.1 Å². The summed E-state index contributed by atoms with van der Waals surface area (Å²) >= 11 is 5.98. The molecule has 0 aromatic heterocycles. The van der Waals surface area contributed by atoms with Crippen molar-refractivity contribution in [1.82, 2.24) is 10.2 Å². The van der Waals surface area contributed by atoms with E-state index >= 15 is 0 Å². The Labute approximate surface area is 144 Å². The SMILES string of the molecule is CCCCNC(=O)N(Cc1ccc(Cl)cc1)C1CC2CCC1C2. The Morgan fingerprint density at radius 3 is 2.65 bits per heavy atom. The number of nitrogens with zero attached hydrogens (tertiary/aromatic N) is 1. The molecule has 2 fully saturated rings. The molecule has 3 atom stereocenters. The van der Waals surface area contributed by atoms with Gasteiger partial charge in [-0.25, -0.2) is 4.79 Å². The van der Waals surface area contributed by atoms with Gasteiger partial charge in [-0.15, -0.1) is 0 Å². The normalized spacial score (nSPS) is 25.6. The van der Waals surface area contributed by atoms with Crippen molar-refractivity contribution in [1.29, 1.82) is 0 Å². The molecule has 1 N–H and O–H groups in total. The van der Waals surface area contributed by atoms with Crippen LogP contribution >= 0.6 is 11.6 Å². The van der Waals surface area contributed by atoms with Crippen molar-refractivity contribution in [2.75, 3.05) is 6.54 Å². The Kier molecular flexibility index (Phi) is 5.47. The first-order valence-electron chi connectivity index (χ1n) is 8.96. The summed E-state index contributed by atoms with van der Waals surface area (Å²) in [5, 5.41) is 3.86. The zero-order valence-corrected chi connectivity index (χ0v) is 14.7.